The van der Waals surface area contributed by atoms with Crippen LogP contribution in [-0.4, -0.2) is 15.3 Å². The lowest BCUT2D eigenvalue weighted by molar-refractivity contribution is -0.117. The van der Waals surface area contributed by atoms with Gasteiger partial charge >= 0.3 is 0 Å². The summed E-state index contributed by atoms with van der Waals surface area (Å²) in [5.74, 6) is 0.550. The minimum atomic E-state index is -0.302. The number of halogens is 1. The molecule has 0 bridgehead atoms. The molecule has 0 spiro atoms. The summed E-state index contributed by atoms with van der Waals surface area (Å²) in [5.41, 5.74) is 2.31. The number of anilines is 1. The quantitative estimate of drug-likeness (QED) is 0.643. The van der Waals surface area contributed by atoms with Crippen LogP contribution < -0.4 is 5.32 Å². The van der Waals surface area contributed by atoms with Gasteiger partial charge < -0.3 is 5.32 Å². The first-order valence-electron chi connectivity index (χ1n) is 9.26. The number of aromatic nitrogens is 2. The summed E-state index contributed by atoms with van der Waals surface area (Å²) in [5, 5.41) is 3.03. The molecule has 0 fully saturated rings. The molecule has 5 heteroatoms. The average Bonchev–Trinajstić information content (AvgIpc) is 2.92. The van der Waals surface area contributed by atoms with Gasteiger partial charge in [0.05, 0.1) is 0 Å². The maximum Gasteiger partial charge on any atom is 0.225 e. The fourth-order valence-electron chi connectivity index (χ4n) is 3.54. The number of benzene rings is 1. The minimum absolute atomic E-state index is 0.0410. The largest absolute Gasteiger partial charge is 0.310 e. The van der Waals surface area contributed by atoms with Gasteiger partial charge in [0.2, 0.25) is 5.91 Å². The van der Waals surface area contributed by atoms with Crippen molar-refractivity contribution in [1.82, 2.24) is 9.38 Å². The van der Waals surface area contributed by atoms with Gasteiger partial charge in [-0.1, -0.05) is 33.8 Å². The minimum Gasteiger partial charge on any atom is -0.310 e. The highest BCUT2D eigenvalue weighted by atomic mass is 19.1. The monoisotopic (exact) mass is 367 g/mol. The summed E-state index contributed by atoms with van der Waals surface area (Å²) in [6, 6.07) is 11.8. The molecular formula is C22H26FN3O. The summed E-state index contributed by atoms with van der Waals surface area (Å²) < 4.78 is 15.2. The molecule has 3 aromatic rings. The molecule has 0 unspecified atom stereocenters. The number of carbonyl (C=O) groups is 1. The van der Waals surface area contributed by atoms with Gasteiger partial charge in [-0.15, -0.1) is 0 Å². The lowest BCUT2D eigenvalue weighted by atomic mass is 9.84. The van der Waals surface area contributed by atoms with Gasteiger partial charge in [0.15, 0.2) is 0 Å². The van der Waals surface area contributed by atoms with E-state index in [-0.39, 0.29) is 23.1 Å². The van der Waals surface area contributed by atoms with Gasteiger partial charge in [0.1, 0.15) is 23.0 Å². The number of imidazole rings is 1. The Labute approximate surface area is 159 Å². The summed E-state index contributed by atoms with van der Waals surface area (Å²) in [6.07, 6.45) is 3.28. The Morgan fingerprint density at radius 3 is 2.56 bits per heavy atom. The van der Waals surface area contributed by atoms with E-state index in [2.05, 4.69) is 38.0 Å². The number of hydrogen-bond acceptors (Lipinski definition) is 2. The van der Waals surface area contributed by atoms with E-state index in [0.29, 0.717) is 17.9 Å². The van der Waals surface area contributed by atoms with Crippen LogP contribution in [0.1, 0.15) is 40.5 Å². The second-order valence-corrected chi connectivity index (χ2v) is 8.37. The van der Waals surface area contributed by atoms with Crippen molar-refractivity contribution in [2.75, 3.05) is 5.32 Å². The molecule has 0 aliphatic carbocycles. The molecule has 0 aliphatic rings. The van der Waals surface area contributed by atoms with Crippen molar-refractivity contribution in [2.24, 2.45) is 11.3 Å². The van der Waals surface area contributed by atoms with Gasteiger partial charge in [0, 0.05) is 18.2 Å². The molecule has 1 atom stereocenters. The molecule has 0 saturated heterocycles. The number of fused-ring (bicyclic) bond motifs is 1. The number of nitrogens with one attached hydrogen (secondary N) is 1. The van der Waals surface area contributed by atoms with Crippen LogP contribution >= 0.6 is 0 Å². The number of carbonyl (C=O) groups excluding carboxylic acids is 1. The Morgan fingerprint density at radius 2 is 1.89 bits per heavy atom. The smallest absolute Gasteiger partial charge is 0.225 e. The summed E-state index contributed by atoms with van der Waals surface area (Å²) in [6.45, 7) is 8.63. The van der Waals surface area contributed by atoms with Crippen molar-refractivity contribution in [3.05, 3.63) is 54.5 Å². The predicted octanol–water partition coefficient (Wildman–Crippen LogP) is 5.54. The van der Waals surface area contributed by atoms with Gasteiger partial charge in [0.25, 0.3) is 0 Å². The van der Waals surface area contributed by atoms with Crippen LogP contribution in [0.2, 0.25) is 0 Å². The molecule has 142 valence electrons. The summed E-state index contributed by atoms with van der Waals surface area (Å²) >= 11 is 0. The van der Waals surface area contributed by atoms with Gasteiger partial charge in [-0.3, -0.25) is 9.20 Å². The topological polar surface area (TPSA) is 46.4 Å². The number of nitrogens with zero attached hydrogens (tertiary/aromatic N) is 2. The molecular weight excluding hydrogens is 341 g/mol. The normalized spacial score (nSPS) is 12.9. The predicted molar refractivity (Wildman–Crippen MR) is 107 cm³/mol. The highest BCUT2D eigenvalue weighted by molar-refractivity contribution is 5.94. The van der Waals surface area contributed by atoms with E-state index >= 15 is 0 Å². The zero-order valence-corrected chi connectivity index (χ0v) is 16.3. The van der Waals surface area contributed by atoms with Gasteiger partial charge in [-0.05, 0) is 54.2 Å². The van der Waals surface area contributed by atoms with Crippen LogP contribution in [-0.2, 0) is 4.79 Å². The second kappa shape index (κ2) is 7.51. The van der Waals surface area contributed by atoms with E-state index in [4.69, 9.17) is 0 Å². The Balaban J connectivity index is 1.89. The van der Waals surface area contributed by atoms with E-state index in [0.717, 1.165) is 17.6 Å². The first kappa shape index (κ1) is 19.1. The molecule has 3 rings (SSSR count). The fraction of sp³-hybridized carbons (Fsp3) is 0.364. The third-order valence-electron chi connectivity index (χ3n) is 4.40. The standard InChI is InChI=1S/C22H26FN3O/c1-15(14-22(2,3)4)13-19(27)25-21-20(16-8-10-17(23)11-9-16)24-18-7-5-6-12-26(18)21/h5-12,15H,13-14H2,1-4H3,(H,25,27)/t15-/m0/s1. The van der Waals surface area contributed by atoms with Crippen molar-refractivity contribution < 1.29 is 9.18 Å². The first-order chi connectivity index (χ1) is 12.7. The summed E-state index contributed by atoms with van der Waals surface area (Å²) in [7, 11) is 0. The highest BCUT2D eigenvalue weighted by Crippen LogP contribution is 2.30. The highest BCUT2D eigenvalue weighted by Gasteiger charge is 2.20. The lowest BCUT2D eigenvalue weighted by Crippen LogP contribution is -2.19. The van der Waals surface area contributed by atoms with Crippen molar-refractivity contribution in [2.45, 2.75) is 40.5 Å². The molecule has 0 saturated carbocycles. The Morgan fingerprint density at radius 1 is 1.19 bits per heavy atom. The Kier molecular flexibility index (Phi) is 5.31. The van der Waals surface area contributed by atoms with Crippen molar-refractivity contribution >= 4 is 17.4 Å². The van der Waals surface area contributed by atoms with E-state index < -0.39 is 0 Å². The zero-order valence-electron chi connectivity index (χ0n) is 16.3. The maximum absolute atomic E-state index is 13.3. The Hall–Kier alpha value is -2.69. The molecule has 2 heterocycles. The van der Waals surface area contributed by atoms with Crippen LogP contribution in [0.3, 0.4) is 0 Å². The molecule has 1 N–H and O–H groups in total. The lowest BCUT2D eigenvalue weighted by Gasteiger charge is -2.22. The maximum atomic E-state index is 13.3. The molecule has 0 radical (unpaired) electrons. The second-order valence-electron chi connectivity index (χ2n) is 8.37. The zero-order chi connectivity index (χ0) is 19.6. The molecule has 2 aromatic heterocycles. The van der Waals surface area contributed by atoms with Crippen LogP contribution in [0.15, 0.2) is 48.7 Å². The Bertz CT molecular complexity index is 938. The van der Waals surface area contributed by atoms with E-state index in [1.54, 1.807) is 12.1 Å². The average molecular weight is 367 g/mol. The van der Waals surface area contributed by atoms with E-state index in [1.165, 1.54) is 12.1 Å². The van der Waals surface area contributed by atoms with Crippen LogP contribution in [0.4, 0.5) is 10.2 Å². The first-order valence-corrected chi connectivity index (χ1v) is 9.26. The van der Waals surface area contributed by atoms with Crippen molar-refractivity contribution in [1.29, 1.82) is 0 Å². The number of hydrogen-bond donors (Lipinski definition) is 1. The summed E-state index contributed by atoms with van der Waals surface area (Å²) in [4.78, 5) is 17.3. The number of pyridine rings is 1. The molecule has 1 aromatic carbocycles. The van der Waals surface area contributed by atoms with Crippen molar-refractivity contribution in [3.63, 3.8) is 0 Å². The van der Waals surface area contributed by atoms with E-state index in [1.807, 2.05) is 28.8 Å². The third-order valence-corrected chi connectivity index (χ3v) is 4.40. The van der Waals surface area contributed by atoms with E-state index in [9.17, 15) is 9.18 Å². The molecule has 27 heavy (non-hydrogen) atoms. The molecule has 4 nitrogen and oxygen atoms in total. The van der Waals surface area contributed by atoms with Gasteiger partial charge in [-0.2, -0.15) is 0 Å². The van der Waals surface area contributed by atoms with Crippen LogP contribution in [0, 0.1) is 17.2 Å². The number of amides is 1. The molecule has 1 amide bonds. The van der Waals surface area contributed by atoms with Crippen molar-refractivity contribution in [3.8, 4) is 11.3 Å². The number of rotatable bonds is 5. The molecule has 0 aliphatic heterocycles. The van der Waals surface area contributed by atoms with Gasteiger partial charge in [-0.25, -0.2) is 9.37 Å². The van der Waals surface area contributed by atoms with Crippen LogP contribution in [0.25, 0.3) is 16.9 Å². The SMILES string of the molecule is C[C@@H](CC(=O)Nc1c(-c2ccc(F)cc2)nc2ccccn12)CC(C)(C)C. The van der Waals surface area contributed by atoms with Crippen LogP contribution in [0.5, 0.6) is 0 Å². The third kappa shape index (κ3) is 4.73. The fourth-order valence-corrected chi connectivity index (χ4v) is 3.54.